The Hall–Kier alpha value is -1.36. The molecule has 0 aliphatic rings. The Balaban J connectivity index is 0.000000640. The zero-order valence-electron chi connectivity index (χ0n) is 4.47. The van der Waals surface area contributed by atoms with Gasteiger partial charge < -0.3 is 10.5 Å². The summed E-state index contributed by atoms with van der Waals surface area (Å²) in [5.41, 5.74) is -0.855. The molecule has 0 aliphatic carbocycles. The van der Waals surface area contributed by atoms with Crippen molar-refractivity contribution in [3.05, 3.63) is 33.1 Å². The van der Waals surface area contributed by atoms with Crippen LogP contribution < -0.4 is 11.2 Å². The Kier molecular flexibility index (Phi) is 2.40. The van der Waals surface area contributed by atoms with Crippen molar-refractivity contribution in [2.24, 2.45) is 0 Å². The van der Waals surface area contributed by atoms with Crippen LogP contribution in [0.3, 0.4) is 0 Å². The van der Waals surface area contributed by atoms with Gasteiger partial charge in [-0.3, -0.25) is 9.78 Å². The van der Waals surface area contributed by atoms with Crippen molar-refractivity contribution < 1.29 is 5.48 Å². The van der Waals surface area contributed by atoms with Crippen molar-refractivity contribution >= 4 is 0 Å². The molecule has 1 rings (SSSR count). The van der Waals surface area contributed by atoms with E-state index in [4.69, 9.17) is 0 Å². The zero-order chi connectivity index (χ0) is 5.98. The first-order chi connectivity index (χ1) is 3.79. The van der Waals surface area contributed by atoms with E-state index in [2.05, 4.69) is 4.98 Å². The van der Waals surface area contributed by atoms with E-state index in [1.807, 2.05) is 4.98 Å². The molecule has 0 spiro atoms. The van der Waals surface area contributed by atoms with Gasteiger partial charge in [0.25, 0.3) is 5.56 Å². The molecular weight excluding hydrogens is 124 g/mol. The monoisotopic (exact) mass is 130 g/mol. The van der Waals surface area contributed by atoms with E-state index < -0.39 is 5.69 Å². The lowest BCUT2D eigenvalue weighted by Gasteiger charge is -1.75. The third-order valence-electron chi connectivity index (χ3n) is 0.686. The van der Waals surface area contributed by atoms with Gasteiger partial charge in [0.05, 0.1) is 0 Å². The minimum absolute atomic E-state index is 0. The van der Waals surface area contributed by atoms with Gasteiger partial charge in [0, 0.05) is 12.3 Å². The standard InChI is InChI=1S/C4H4N2O2.H2O/c7-3-1-2-5-4(8)6-3;/h1-2H,(H2,5,6,7,8);1H2. The molecule has 0 saturated heterocycles. The summed E-state index contributed by atoms with van der Waals surface area (Å²) < 4.78 is 0. The Bertz CT molecular complexity index is 248. The normalized spacial score (nSPS) is 8.00. The maximum absolute atomic E-state index is 10.2. The average molecular weight is 130 g/mol. The van der Waals surface area contributed by atoms with Gasteiger partial charge in [0.2, 0.25) is 0 Å². The number of aromatic amines is 2. The minimum atomic E-state index is -0.475. The third-order valence-corrected chi connectivity index (χ3v) is 0.686. The van der Waals surface area contributed by atoms with Crippen molar-refractivity contribution in [1.82, 2.24) is 9.97 Å². The highest BCUT2D eigenvalue weighted by molar-refractivity contribution is 4.77. The lowest BCUT2D eigenvalue weighted by molar-refractivity contribution is 0.824. The van der Waals surface area contributed by atoms with Crippen LogP contribution in [0.2, 0.25) is 0 Å². The molecule has 50 valence electrons. The molecule has 0 fully saturated rings. The first-order valence-corrected chi connectivity index (χ1v) is 2.07. The Morgan fingerprint density at radius 3 is 2.33 bits per heavy atom. The molecule has 0 bridgehead atoms. The molecule has 0 atom stereocenters. The highest BCUT2D eigenvalue weighted by Crippen LogP contribution is 1.51. The van der Waals surface area contributed by atoms with Gasteiger partial charge in [-0.05, 0) is 0 Å². The highest BCUT2D eigenvalue weighted by atomic mass is 16.2. The topological polar surface area (TPSA) is 97.2 Å². The predicted octanol–water partition coefficient (Wildman–Crippen LogP) is -1.76. The molecule has 1 heterocycles. The SMILES string of the molecule is O.O=c1cc[nH]c(=O)[nH]1. The molecule has 0 unspecified atom stereocenters. The van der Waals surface area contributed by atoms with Gasteiger partial charge in [0.15, 0.2) is 0 Å². The number of aromatic nitrogens is 2. The third kappa shape index (κ3) is 1.92. The smallest absolute Gasteiger partial charge is 0.325 e. The number of hydrogen-bond donors (Lipinski definition) is 2. The lowest BCUT2D eigenvalue weighted by Crippen LogP contribution is -2.19. The van der Waals surface area contributed by atoms with Crippen LogP contribution in [0.1, 0.15) is 0 Å². The first kappa shape index (κ1) is 7.64. The molecule has 0 aromatic carbocycles. The molecule has 0 aliphatic heterocycles. The van der Waals surface area contributed by atoms with Crippen LogP contribution in [-0.2, 0) is 0 Å². The van der Waals surface area contributed by atoms with E-state index in [1.54, 1.807) is 0 Å². The number of nitrogens with one attached hydrogen (secondary N) is 2. The Morgan fingerprint density at radius 1 is 1.33 bits per heavy atom. The summed E-state index contributed by atoms with van der Waals surface area (Å²) in [6, 6.07) is 1.24. The molecule has 9 heavy (non-hydrogen) atoms. The van der Waals surface area contributed by atoms with E-state index >= 15 is 0 Å². The summed E-state index contributed by atoms with van der Waals surface area (Å²) in [7, 11) is 0. The van der Waals surface area contributed by atoms with Gasteiger partial charge in [-0.2, -0.15) is 0 Å². The van der Waals surface area contributed by atoms with Gasteiger partial charge in [-0.15, -0.1) is 0 Å². The molecule has 1 aromatic rings. The second-order valence-electron chi connectivity index (χ2n) is 1.30. The number of H-pyrrole nitrogens is 2. The van der Waals surface area contributed by atoms with E-state index in [0.29, 0.717) is 0 Å². The fourth-order valence-electron chi connectivity index (χ4n) is 0.383. The van der Waals surface area contributed by atoms with Crippen molar-refractivity contribution in [3.63, 3.8) is 0 Å². The van der Waals surface area contributed by atoms with E-state index in [9.17, 15) is 9.59 Å². The summed E-state index contributed by atoms with van der Waals surface area (Å²) in [5, 5.41) is 0. The number of hydrogen-bond acceptors (Lipinski definition) is 2. The van der Waals surface area contributed by atoms with Crippen molar-refractivity contribution in [2.45, 2.75) is 0 Å². The summed E-state index contributed by atoms with van der Waals surface area (Å²) in [5.74, 6) is 0. The van der Waals surface area contributed by atoms with Crippen LogP contribution in [0.25, 0.3) is 0 Å². The fraction of sp³-hybridized carbons (Fsp3) is 0. The minimum Gasteiger partial charge on any atom is -0.412 e. The quantitative estimate of drug-likeness (QED) is 0.435. The molecule has 0 saturated carbocycles. The van der Waals surface area contributed by atoms with Crippen LogP contribution in [0.15, 0.2) is 21.9 Å². The largest absolute Gasteiger partial charge is 0.412 e. The molecule has 0 radical (unpaired) electrons. The zero-order valence-corrected chi connectivity index (χ0v) is 4.47. The molecule has 4 N–H and O–H groups in total. The molecule has 5 nitrogen and oxygen atoms in total. The molecule has 0 amide bonds. The van der Waals surface area contributed by atoms with E-state index in [-0.39, 0.29) is 11.0 Å². The molecular formula is C4H6N2O3. The summed E-state index contributed by atoms with van der Waals surface area (Å²) in [6.07, 6.45) is 1.29. The number of rotatable bonds is 0. The van der Waals surface area contributed by atoms with Crippen molar-refractivity contribution in [3.8, 4) is 0 Å². The maximum Gasteiger partial charge on any atom is 0.325 e. The van der Waals surface area contributed by atoms with Crippen molar-refractivity contribution in [2.75, 3.05) is 0 Å². The average Bonchev–Trinajstić information content (AvgIpc) is 1.64. The van der Waals surface area contributed by atoms with Crippen LogP contribution in [-0.4, -0.2) is 15.4 Å². The lowest BCUT2D eigenvalue weighted by atomic mass is 10.7. The van der Waals surface area contributed by atoms with Crippen LogP contribution >= 0.6 is 0 Å². The second kappa shape index (κ2) is 2.83. The second-order valence-corrected chi connectivity index (χ2v) is 1.30. The summed E-state index contributed by atoms with van der Waals surface area (Å²) >= 11 is 0. The van der Waals surface area contributed by atoms with Gasteiger partial charge in [0.1, 0.15) is 0 Å². The predicted molar refractivity (Wildman–Crippen MR) is 31.3 cm³/mol. The van der Waals surface area contributed by atoms with Gasteiger partial charge in [-0.25, -0.2) is 4.79 Å². The van der Waals surface area contributed by atoms with Gasteiger partial charge >= 0.3 is 5.69 Å². The molecule has 1 aromatic heterocycles. The maximum atomic E-state index is 10.2. The summed E-state index contributed by atoms with van der Waals surface area (Å²) in [4.78, 5) is 24.7. The van der Waals surface area contributed by atoms with Crippen LogP contribution in [0.4, 0.5) is 0 Å². The van der Waals surface area contributed by atoms with E-state index in [1.165, 1.54) is 12.3 Å². The van der Waals surface area contributed by atoms with Crippen molar-refractivity contribution in [1.29, 1.82) is 0 Å². The van der Waals surface area contributed by atoms with Crippen LogP contribution in [0.5, 0.6) is 0 Å². The van der Waals surface area contributed by atoms with E-state index in [0.717, 1.165) is 0 Å². The Morgan fingerprint density at radius 2 is 2.00 bits per heavy atom. The van der Waals surface area contributed by atoms with Crippen LogP contribution in [0, 0.1) is 0 Å². The Labute approximate surface area is 49.7 Å². The molecule has 5 heteroatoms. The van der Waals surface area contributed by atoms with Gasteiger partial charge in [-0.1, -0.05) is 0 Å². The fourth-order valence-corrected chi connectivity index (χ4v) is 0.383. The highest BCUT2D eigenvalue weighted by Gasteiger charge is 1.77. The summed E-state index contributed by atoms with van der Waals surface area (Å²) in [6.45, 7) is 0. The first-order valence-electron chi connectivity index (χ1n) is 2.07.